The van der Waals surface area contributed by atoms with Crippen molar-refractivity contribution in [3.63, 3.8) is 0 Å². The van der Waals surface area contributed by atoms with Crippen molar-refractivity contribution in [3.8, 4) is 5.82 Å². The Labute approximate surface area is 174 Å². The minimum atomic E-state index is -0.166. The first-order chi connectivity index (χ1) is 14.6. The van der Waals surface area contributed by atoms with E-state index >= 15 is 0 Å². The Morgan fingerprint density at radius 2 is 1.63 bits per heavy atom. The van der Waals surface area contributed by atoms with Gasteiger partial charge >= 0.3 is 0 Å². The lowest BCUT2D eigenvalue weighted by atomic mass is 10.0. The summed E-state index contributed by atoms with van der Waals surface area (Å²) in [7, 11) is 0. The SMILES string of the molecule is CC(C)c1c(C(=O)N2CCN(C(=O)c3cnccn3)CC2)cnn1-c1ccccn1. The zero-order valence-electron chi connectivity index (χ0n) is 17.0. The molecule has 30 heavy (non-hydrogen) atoms. The number of piperazine rings is 1. The van der Waals surface area contributed by atoms with Crippen LogP contribution < -0.4 is 0 Å². The van der Waals surface area contributed by atoms with Crippen molar-refractivity contribution in [2.24, 2.45) is 0 Å². The highest BCUT2D eigenvalue weighted by Crippen LogP contribution is 2.24. The van der Waals surface area contributed by atoms with Crippen molar-refractivity contribution >= 4 is 11.8 Å². The largest absolute Gasteiger partial charge is 0.335 e. The molecule has 4 heterocycles. The van der Waals surface area contributed by atoms with E-state index in [1.807, 2.05) is 32.0 Å². The zero-order chi connectivity index (χ0) is 21.1. The highest BCUT2D eigenvalue weighted by atomic mass is 16.2. The molecule has 0 N–H and O–H groups in total. The van der Waals surface area contributed by atoms with Crippen LogP contribution in [0.3, 0.4) is 0 Å². The molecule has 154 valence electrons. The van der Waals surface area contributed by atoms with Gasteiger partial charge in [0.05, 0.1) is 23.7 Å². The normalized spacial score (nSPS) is 14.2. The number of pyridine rings is 1. The minimum Gasteiger partial charge on any atom is -0.335 e. The highest BCUT2D eigenvalue weighted by Gasteiger charge is 2.29. The number of aromatic nitrogens is 5. The third-order valence-electron chi connectivity index (χ3n) is 5.09. The van der Waals surface area contributed by atoms with Crippen LogP contribution in [0.2, 0.25) is 0 Å². The van der Waals surface area contributed by atoms with E-state index in [9.17, 15) is 9.59 Å². The Kier molecular flexibility index (Phi) is 5.51. The van der Waals surface area contributed by atoms with Gasteiger partial charge in [-0.15, -0.1) is 0 Å². The van der Waals surface area contributed by atoms with Gasteiger partial charge in [-0.1, -0.05) is 19.9 Å². The van der Waals surface area contributed by atoms with E-state index in [2.05, 4.69) is 20.1 Å². The number of carbonyl (C=O) groups is 2. The van der Waals surface area contributed by atoms with Gasteiger partial charge in [0.25, 0.3) is 11.8 Å². The average molecular weight is 405 g/mol. The first-order valence-corrected chi connectivity index (χ1v) is 9.90. The van der Waals surface area contributed by atoms with E-state index in [0.29, 0.717) is 43.3 Å². The fourth-order valence-corrected chi connectivity index (χ4v) is 3.59. The van der Waals surface area contributed by atoms with Crippen LogP contribution in [0.1, 0.15) is 46.3 Å². The van der Waals surface area contributed by atoms with Crippen molar-refractivity contribution in [3.05, 3.63) is 66.1 Å². The molecule has 0 atom stereocenters. The lowest BCUT2D eigenvalue weighted by molar-refractivity contribution is 0.0531. The molecule has 3 aromatic rings. The van der Waals surface area contributed by atoms with Crippen LogP contribution >= 0.6 is 0 Å². The quantitative estimate of drug-likeness (QED) is 0.656. The number of amides is 2. The molecule has 0 aromatic carbocycles. The molecule has 4 rings (SSSR count). The third kappa shape index (κ3) is 3.78. The van der Waals surface area contributed by atoms with E-state index < -0.39 is 0 Å². The minimum absolute atomic E-state index is 0.0764. The molecule has 1 saturated heterocycles. The molecule has 0 spiro atoms. The van der Waals surface area contributed by atoms with Crippen LogP contribution in [0, 0.1) is 0 Å². The van der Waals surface area contributed by atoms with E-state index in [1.165, 1.54) is 18.6 Å². The van der Waals surface area contributed by atoms with Gasteiger partial charge in [0.1, 0.15) is 5.69 Å². The number of hydrogen-bond donors (Lipinski definition) is 0. The monoisotopic (exact) mass is 405 g/mol. The maximum absolute atomic E-state index is 13.2. The van der Waals surface area contributed by atoms with Gasteiger partial charge in [-0.3, -0.25) is 14.6 Å². The molecule has 1 fully saturated rings. The summed E-state index contributed by atoms with van der Waals surface area (Å²) < 4.78 is 1.73. The van der Waals surface area contributed by atoms with Crippen LogP contribution in [-0.2, 0) is 0 Å². The molecule has 1 aliphatic heterocycles. The number of carbonyl (C=O) groups excluding carboxylic acids is 2. The Balaban J connectivity index is 1.50. The second-order valence-electron chi connectivity index (χ2n) is 7.37. The van der Waals surface area contributed by atoms with Crippen LogP contribution in [0.15, 0.2) is 49.2 Å². The van der Waals surface area contributed by atoms with Gasteiger partial charge in [-0.05, 0) is 18.1 Å². The third-order valence-corrected chi connectivity index (χ3v) is 5.09. The number of rotatable bonds is 4. The summed E-state index contributed by atoms with van der Waals surface area (Å²) in [5.41, 5.74) is 1.72. The van der Waals surface area contributed by atoms with Crippen molar-refractivity contribution < 1.29 is 9.59 Å². The second kappa shape index (κ2) is 8.40. The molecule has 0 saturated carbocycles. The molecule has 0 radical (unpaired) electrons. The number of nitrogens with zero attached hydrogens (tertiary/aromatic N) is 7. The molecule has 9 heteroatoms. The molecular formula is C21H23N7O2. The van der Waals surface area contributed by atoms with E-state index in [4.69, 9.17) is 0 Å². The Morgan fingerprint density at radius 1 is 0.900 bits per heavy atom. The molecule has 3 aromatic heterocycles. The Bertz CT molecular complexity index is 1030. The van der Waals surface area contributed by atoms with Crippen LogP contribution in [0.25, 0.3) is 5.82 Å². The van der Waals surface area contributed by atoms with Crippen LogP contribution in [0.4, 0.5) is 0 Å². The molecule has 9 nitrogen and oxygen atoms in total. The summed E-state index contributed by atoms with van der Waals surface area (Å²) in [6.45, 7) is 5.88. The lowest BCUT2D eigenvalue weighted by Crippen LogP contribution is -2.50. The molecule has 1 aliphatic rings. The standard InChI is InChI=1S/C21H23N7O2/c1-15(2)19-16(13-25-28(19)18-5-3-4-6-24-18)20(29)26-9-11-27(12-10-26)21(30)17-14-22-7-8-23-17/h3-8,13-15H,9-12H2,1-2H3. The molecule has 0 unspecified atom stereocenters. The van der Waals surface area contributed by atoms with Crippen molar-refractivity contribution in [2.75, 3.05) is 26.2 Å². The maximum atomic E-state index is 13.2. The number of hydrogen-bond acceptors (Lipinski definition) is 6. The first kappa shape index (κ1) is 19.7. The fraction of sp³-hybridized carbons (Fsp3) is 0.333. The predicted molar refractivity (Wildman–Crippen MR) is 109 cm³/mol. The van der Waals surface area contributed by atoms with Crippen LogP contribution in [0.5, 0.6) is 0 Å². The van der Waals surface area contributed by atoms with Gasteiger partial charge < -0.3 is 9.80 Å². The Morgan fingerprint density at radius 3 is 2.23 bits per heavy atom. The second-order valence-corrected chi connectivity index (χ2v) is 7.37. The summed E-state index contributed by atoms with van der Waals surface area (Å²) >= 11 is 0. The zero-order valence-corrected chi connectivity index (χ0v) is 17.0. The first-order valence-electron chi connectivity index (χ1n) is 9.90. The van der Waals surface area contributed by atoms with Gasteiger partial charge in [0.15, 0.2) is 5.82 Å². The smallest absolute Gasteiger partial charge is 0.274 e. The van der Waals surface area contributed by atoms with Crippen LogP contribution in [-0.4, -0.2) is 72.5 Å². The maximum Gasteiger partial charge on any atom is 0.274 e. The predicted octanol–water partition coefficient (Wildman–Crippen LogP) is 1.78. The van der Waals surface area contributed by atoms with Gasteiger partial charge in [0.2, 0.25) is 0 Å². The molecular weight excluding hydrogens is 382 g/mol. The fourth-order valence-electron chi connectivity index (χ4n) is 3.59. The van der Waals surface area contributed by atoms with Crippen molar-refractivity contribution in [1.29, 1.82) is 0 Å². The Hall–Kier alpha value is -3.62. The summed E-state index contributed by atoms with van der Waals surface area (Å²) in [6, 6.07) is 5.60. The highest BCUT2D eigenvalue weighted by molar-refractivity contribution is 5.96. The lowest BCUT2D eigenvalue weighted by Gasteiger charge is -2.34. The molecule has 0 bridgehead atoms. The average Bonchev–Trinajstić information content (AvgIpc) is 3.25. The molecule has 2 amide bonds. The van der Waals surface area contributed by atoms with Gasteiger partial charge in [0, 0.05) is 44.8 Å². The molecule has 0 aliphatic carbocycles. The van der Waals surface area contributed by atoms with E-state index in [0.717, 1.165) is 5.69 Å². The van der Waals surface area contributed by atoms with Crippen molar-refractivity contribution in [1.82, 2.24) is 34.5 Å². The van der Waals surface area contributed by atoms with Gasteiger partial charge in [-0.2, -0.15) is 5.10 Å². The summed E-state index contributed by atoms with van der Waals surface area (Å²) in [5.74, 6) is 0.529. The summed E-state index contributed by atoms with van der Waals surface area (Å²) in [6.07, 6.45) is 7.81. The summed E-state index contributed by atoms with van der Waals surface area (Å²) in [5, 5.41) is 4.43. The van der Waals surface area contributed by atoms with Gasteiger partial charge in [-0.25, -0.2) is 14.6 Å². The topological polar surface area (TPSA) is 97.1 Å². The van der Waals surface area contributed by atoms with Crippen molar-refractivity contribution in [2.45, 2.75) is 19.8 Å². The summed E-state index contributed by atoms with van der Waals surface area (Å²) in [4.78, 5) is 41.6. The van der Waals surface area contributed by atoms with E-state index in [1.54, 1.807) is 26.9 Å². The van der Waals surface area contributed by atoms with E-state index in [-0.39, 0.29) is 17.7 Å².